The number of fused-ring (bicyclic) bond motifs is 2. The van der Waals surface area contributed by atoms with E-state index in [0.29, 0.717) is 11.7 Å². The average Bonchev–Trinajstić information content (AvgIpc) is 2.65. The molecule has 1 nitrogen and oxygen atoms in total. The molecule has 2 aliphatic rings. The van der Waals surface area contributed by atoms with Crippen molar-refractivity contribution in [2.75, 3.05) is 0 Å². The van der Waals surface area contributed by atoms with Gasteiger partial charge in [0, 0.05) is 5.41 Å². The Hall–Kier alpha value is -1.37. The first kappa shape index (κ1) is 11.7. The van der Waals surface area contributed by atoms with Crippen molar-refractivity contribution >= 4 is 11.9 Å². The van der Waals surface area contributed by atoms with Crippen LogP contribution in [0.25, 0.3) is 6.08 Å². The first-order chi connectivity index (χ1) is 8.47. The van der Waals surface area contributed by atoms with Crippen molar-refractivity contribution in [1.29, 1.82) is 0 Å². The van der Waals surface area contributed by atoms with Gasteiger partial charge in [0.2, 0.25) is 0 Å². The van der Waals surface area contributed by atoms with Gasteiger partial charge >= 0.3 is 0 Å². The summed E-state index contributed by atoms with van der Waals surface area (Å²) in [4.78, 5) is 12.6. The van der Waals surface area contributed by atoms with Gasteiger partial charge in [-0.15, -0.1) is 0 Å². The first-order valence-electron chi connectivity index (χ1n) is 6.78. The molecule has 2 saturated carbocycles. The molecule has 0 radical (unpaired) electrons. The summed E-state index contributed by atoms with van der Waals surface area (Å²) >= 11 is 0. The minimum absolute atomic E-state index is 0.116. The second-order valence-electron chi connectivity index (χ2n) is 6.48. The number of rotatable bonds is 1. The van der Waals surface area contributed by atoms with Gasteiger partial charge in [-0.25, -0.2) is 0 Å². The molecule has 0 saturated heterocycles. The summed E-state index contributed by atoms with van der Waals surface area (Å²) in [6.07, 6.45) is 4.32. The minimum Gasteiger partial charge on any atom is -0.294 e. The average molecular weight is 240 g/mol. The summed E-state index contributed by atoms with van der Waals surface area (Å²) in [6.45, 7) is 6.67. The van der Waals surface area contributed by atoms with Crippen LogP contribution in [0.5, 0.6) is 0 Å². The minimum atomic E-state index is -0.141. The summed E-state index contributed by atoms with van der Waals surface area (Å²) in [5.74, 6) is 0.822. The maximum atomic E-state index is 12.6. The zero-order valence-corrected chi connectivity index (χ0v) is 11.4. The van der Waals surface area contributed by atoms with Crippen molar-refractivity contribution in [3.63, 3.8) is 0 Å². The Kier molecular flexibility index (Phi) is 2.32. The van der Waals surface area contributed by atoms with E-state index in [9.17, 15) is 4.79 Å². The van der Waals surface area contributed by atoms with Crippen LogP contribution >= 0.6 is 0 Å². The first-order valence-corrected chi connectivity index (χ1v) is 6.78. The van der Waals surface area contributed by atoms with Crippen LogP contribution < -0.4 is 0 Å². The van der Waals surface area contributed by atoms with E-state index in [1.54, 1.807) is 0 Å². The lowest BCUT2D eigenvalue weighted by Gasteiger charge is -2.31. The van der Waals surface area contributed by atoms with Crippen LogP contribution in [0.1, 0.15) is 39.2 Å². The molecule has 18 heavy (non-hydrogen) atoms. The lowest BCUT2D eigenvalue weighted by molar-refractivity contribution is -0.125. The quantitative estimate of drug-likeness (QED) is 0.675. The van der Waals surface area contributed by atoms with Gasteiger partial charge in [0.25, 0.3) is 0 Å². The molecule has 0 amide bonds. The monoisotopic (exact) mass is 240 g/mol. The Morgan fingerprint density at radius 3 is 2.39 bits per heavy atom. The van der Waals surface area contributed by atoms with E-state index in [4.69, 9.17) is 0 Å². The number of allylic oxidation sites excluding steroid dienone is 1. The number of benzene rings is 1. The molecule has 1 aromatic carbocycles. The fourth-order valence-corrected chi connectivity index (χ4v) is 3.82. The smallest absolute Gasteiger partial charge is 0.165 e. The number of carbonyl (C=O) groups is 1. The van der Waals surface area contributed by atoms with E-state index in [1.165, 1.54) is 0 Å². The van der Waals surface area contributed by atoms with Crippen LogP contribution in [0, 0.1) is 16.7 Å². The van der Waals surface area contributed by atoms with E-state index in [-0.39, 0.29) is 10.8 Å². The van der Waals surface area contributed by atoms with Gasteiger partial charge in [-0.3, -0.25) is 4.79 Å². The third-order valence-corrected chi connectivity index (χ3v) is 5.49. The van der Waals surface area contributed by atoms with E-state index < -0.39 is 0 Å². The molecule has 0 aromatic heterocycles. The van der Waals surface area contributed by atoms with Crippen molar-refractivity contribution in [3.05, 3.63) is 41.5 Å². The highest BCUT2D eigenvalue weighted by molar-refractivity contribution is 6.07. The largest absolute Gasteiger partial charge is 0.294 e. The second kappa shape index (κ2) is 3.57. The lowest BCUT2D eigenvalue weighted by Crippen LogP contribution is -2.32. The van der Waals surface area contributed by atoms with E-state index >= 15 is 0 Å². The van der Waals surface area contributed by atoms with Crippen LogP contribution in [0.3, 0.4) is 0 Å². The Morgan fingerprint density at radius 1 is 1.17 bits per heavy atom. The molecular formula is C17H20O. The zero-order valence-electron chi connectivity index (χ0n) is 11.4. The molecule has 94 valence electrons. The number of ketones is 1. The molecule has 2 fully saturated rings. The molecule has 2 bridgehead atoms. The van der Waals surface area contributed by atoms with Crippen molar-refractivity contribution in [2.24, 2.45) is 16.7 Å². The highest BCUT2D eigenvalue weighted by Gasteiger charge is 2.63. The van der Waals surface area contributed by atoms with Crippen LogP contribution in [0.4, 0.5) is 0 Å². The van der Waals surface area contributed by atoms with Gasteiger partial charge < -0.3 is 0 Å². The van der Waals surface area contributed by atoms with Gasteiger partial charge in [-0.2, -0.15) is 0 Å². The van der Waals surface area contributed by atoms with Gasteiger partial charge in [0.1, 0.15) is 0 Å². The highest BCUT2D eigenvalue weighted by Crippen LogP contribution is 2.65. The van der Waals surface area contributed by atoms with Crippen molar-refractivity contribution in [3.8, 4) is 0 Å². The third-order valence-electron chi connectivity index (χ3n) is 5.49. The molecule has 1 aromatic rings. The maximum absolute atomic E-state index is 12.6. The predicted molar refractivity (Wildman–Crippen MR) is 74.0 cm³/mol. The van der Waals surface area contributed by atoms with Gasteiger partial charge in [-0.1, -0.05) is 51.1 Å². The van der Waals surface area contributed by atoms with Gasteiger partial charge in [-0.05, 0) is 41.4 Å². The molecule has 2 aliphatic carbocycles. The third kappa shape index (κ3) is 1.31. The zero-order chi connectivity index (χ0) is 13.0. The molecular weight excluding hydrogens is 220 g/mol. The summed E-state index contributed by atoms with van der Waals surface area (Å²) in [5.41, 5.74) is 2.18. The standard InChI is InChI=1S/C17H20O/c1-16(2)14-9-10-17(16,3)15(18)13(14)11-12-7-5-4-6-8-12/h4-8,11,14H,9-10H2,1-3H3/b13-11-. The van der Waals surface area contributed by atoms with Crippen LogP contribution in [-0.4, -0.2) is 5.78 Å². The number of carbonyl (C=O) groups excluding carboxylic acids is 1. The lowest BCUT2D eigenvalue weighted by atomic mass is 9.70. The van der Waals surface area contributed by atoms with E-state index in [2.05, 4.69) is 39.0 Å². The summed E-state index contributed by atoms with van der Waals surface area (Å²) < 4.78 is 0. The Morgan fingerprint density at radius 2 is 1.83 bits per heavy atom. The Balaban J connectivity index is 2.07. The summed E-state index contributed by atoms with van der Waals surface area (Å²) in [6, 6.07) is 10.2. The Labute approximate surface area is 109 Å². The van der Waals surface area contributed by atoms with Crippen molar-refractivity contribution in [1.82, 2.24) is 0 Å². The van der Waals surface area contributed by atoms with Crippen LogP contribution in [0.2, 0.25) is 0 Å². The molecule has 1 heteroatoms. The highest BCUT2D eigenvalue weighted by atomic mass is 16.1. The molecule has 0 aliphatic heterocycles. The molecule has 2 unspecified atom stereocenters. The number of Topliss-reactive ketones (excluding diaryl/α,β-unsaturated/α-hetero) is 1. The van der Waals surface area contributed by atoms with Crippen LogP contribution in [0.15, 0.2) is 35.9 Å². The van der Waals surface area contributed by atoms with E-state index in [1.807, 2.05) is 18.2 Å². The number of hydrogen-bond acceptors (Lipinski definition) is 1. The second-order valence-corrected chi connectivity index (χ2v) is 6.48. The normalized spacial score (nSPS) is 35.4. The molecule has 2 atom stereocenters. The van der Waals surface area contributed by atoms with Crippen molar-refractivity contribution < 1.29 is 4.79 Å². The molecule has 0 N–H and O–H groups in total. The molecule has 0 spiro atoms. The maximum Gasteiger partial charge on any atom is 0.165 e. The molecule has 3 rings (SSSR count). The van der Waals surface area contributed by atoms with Gasteiger partial charge in [0.05, 0.1) is 0 Å². The summed E-state index contributed by atoms with van der Waals surface area (Å²) in [7, 11) is 0. The van der Waals surface area contributed by atoms with Crippen molar-refractivity contribution in [2.45, 2.75) is 33.6 Å². The fourth-order valence-electron chi connectivity index (χ4n) is 3.82. The molecule has 0 heterocycles. The predicted octanol–water partition coefficient (Wildman–Crippen LogP) is 4.10. The SMILES string of the molecule is CC12CCC(/C(=C/c3ccccc3)C1=O)C2(C)C. The van der Waals surface area contributed by atoms with Gasteiger partial charge in [0.15, 0.2) is 5.78 Å². The number of hydrogen-bond donors (Lipinski definition) is 0. The van der Waals surface area contributed by atoms with E-state index in [0.717, 1.165) is 24.0 Å². The fraction of sp³-hybridized carbons (Fsp3) is 0.471. The Bertz CT molecular complexity index is 524. The topological polar surface area (TPSA) is 17.1 Å². The summed E-state index contributed by atoms with van der Waals surface area (Å²) in [5, 5.41) is 0. The van der Waals surface area contributed by atoms with Crippen LogP contribution in [-0.2, 0) is 4.79 Å².